The topological polar surface area (TPSA) is 111 Å². The second-order valence-corrected chi connectivity index (χ2v) is 21.2. The predicted molar refractivity (Wildman–Crippen MR) is 341 cm³/mol. The number of Topliss-reactive ketones (excluding diaryl/α,β-unsaturated/α-hetero) is 2. The van der Waals surface area contributed by atoms with Crippen molar-refractivity contribution >= 4 is 76.7 Å². The summed E-state index contributed by atoms with van der Waals surface area (Å²) in [5.41, 5.74) is 16.4. The smallest absolute Gasteiger partial charge is 0.137 e. The number of rotatable bonds is 14. The molecular weight excluding hydrogens is 1210 g/mol. The molecule has 0 saturated heterocycles. The Morgan fingerprint density at radius 2 is 0.643 bits per heavy atom. The molecule has 0 bridgehead atoms. The van der Waals surface area contributed by atoms with Crippen LogP contribution in [0.2, 0.25) is 0 Å². The van der Waals surface area contributed by atoms with Crippen molar-refractivity contribution in [3.63, 3.8) is 0 Å². The van der Waals surface area contributed by atoms with Crippen LogP contribution in [0, 0.1) is 12.1 Å². The molecule has 4 heterocycles. The van der Waals surface area contributed by atoms with E-state index in [0.29, 0.717) is 0 Å². The van der Waals surface area contributed by atoms with E-state index in [2.05, 4.69) is 208 Å². The fourth-order valence-corrected chi connectivity index (χ4v) is 11.2. The van der Waals surface area contributed by atoms with E-state index in [0.717, 1.165) is 148 Å². The van der Waals surface area contributed by atoms with Gasteiger partial charge >= 0.3 is 0 Å². The molecule has 0 atom stereocenters. The Morgan fingerprint density at radius 3 is 0.905 bits per heavy atom. The van der Waals surface area contributed by atoms with Crippen LogP contribution in [0.15, 0.2) is 206 Å². The molecule has 84 heavy (non-hydrogen) atoms. The summed E-state index contributed by atoms with van der Waals surface area (Å²) in [6.45, 7) is 7.24. The number of ketones is 2. The molecule has 0 saturated carbocycles. The average molecular weight is 1270 g/mol. The predicted octanol–water partition coefficient (Wildman–Crippen LogP) is 18.4. The molecule has 413 valence electrons. The Hall–Kier alpha value is -9.27. The molecule has 10 aromatic carbocycles. The zero-order valence-electron chi connectivity index (χ0n) is 47.4. The molecule has 0 N–H and O–H groups in total. The molecule has 0 fully saturated rings. The standard InChI is InChI=1S/2C35H26N3.C5H8O2.Ir/c2*1-2-3-11-23-12-10-17-26(22-23)35-36-29-20-18-27-31-28(19-21-30(37-35)32(29)31)34(25-15-8-5-9-16-25)38-33(27)24-13-6-4-7-14-24;1-4(6)3-5(2)7;/h2*4-10,12-21H,2-3,11H2,1H3;3H2,1-2H3;/q2*-1;;. The first-order valence-electron chi connectivity index (χ1n) is 28.7. The molecule has 0 aliphatic rings. The van der Waals surface area contributed by atoms with Gasteiger partial charge in [0.25, 0.3) is 0 Å². The van der Waals surface area contributed by atoms with Crippen LogP contribution in [0.1, 0.15) is 70.9 Å². The van der Waals surface area contributed by atoms with Crippen molar-refractivity contribution in [2.75, 3.05) is 0 Å². The van der Waals surface area contributed by atoms with Gasteiger partial charge in [0, 0.05) is 85.4 Å². The van der Waals surface area contributed by atoms with E-state index in [-0.39, 0.29) is 38.1 Å². The third-order valence-electron chi connectivity index (χ3n) is 15.1. The number of aryl methyl sites for hydroxylation is 2. The minimum Gasteiger partial charge on any atom is -0.300 e. The second kappa shape index (κ2) is 25.5. The van der Waals surface area contributed by atoms with Gasteiger partial charge < -0.3 is 0 Å². The molecule has 9 heteroatoms. The van der Waals surface area contributed by atoms with Crippen molar-refractivity contribution < 1.29 is 29.7 Å². The van der Waals surface area contributed by atoms with Gasteiger partial charge in [0.1, 0.15) is 11.6 Å². The van der Waals surface area contributed by atoms with Crippen LogP contribution in [0.5, 0.6) is 0 Å². The summed E-state index contributed by atoms with van der Waals surface area (Å²) >= 11 is 0. The van der Waals surface area contributed by atoms with Crippen molar-refractivity contribution in [2.24, 2.45) is 0 Å². The number of pyridine rings is 2. The molecule has 1 radical (unpaired) electrons. The summed E-state index contributed by atoms with van der Waals surface area (Å²) in [6, 6.07) is 78.6. The zero-order valence-corrected chi connectivity index (χ0v) is 49.8. The molecule has 0 unspecified atom stereocenters. The average Bonchev–Trinajstić information content (AvgIpc) is 2.26. The van der Waals surface area contributed by atoms with Gasteiger partial charge in [0.15, 0.2) is 0 Å². The third kappa shape index (κ3) is 11.7. The van der Waals surface area contributed by atoms with Gasteiger partial charge in [-0.25, -0.2) is 9.97 Å². The van der Waals surface area contributed by atoms with E-state index in [1.165, 1.54) is 48.6 Å². The molecule has 0 aliphatic carbocycles. The number of benzene rings is 10. The number of carbonyl (C=O) groups excluding carboxylic acids is 2. The van der Waals surface area contributed by atoms with Crippen LogP contribution in [-0.2, 0) is 42.5 Å². The van der Waals surface area contributed by atoms with Crippen LogP contribution < -0.4 is 0 Å². The number of nitrogens with zero attached hydrogens (tertiary/aromatic N) is 6. The summed E-state index contributed by atoms with van der Waals surface area (Å²) in [5, 5.41) is 8.98. The monoisotopic (exact) mass is 1270 g/mol. The first kappa shape index (κ1) is 56.6. The summed E-state index contributed by atoms with van der Waals surface area (Å²) in [4.78, 5) is 50.8. The number of unbranched alkanes of at least 4 members (excludes halogenated alkanes) is 2. The molecule has 0 spiro atoms. The van der Waals surface area contributed by atoms with E-state index in [1.807, 2.05) is 24.3 Å². The van der Waals surface area contributed by atoms with E-state index in [4.69, 9.17) is 29.9 Å². The Balaban J connectivity index is 0.000000156. The second-order valence-electron chi connectivity index (χ2n) is 21.2. The maximum Gasteiger partial charge on any atom is 0.137 e. The van der Waals surface area contributed by atoms with Gasteiger partial charge in [-0.05, 0) is 51.0 Å². The Morgan fingerprint density at radius 1 is 0.345 bits per heavy atom. The van der Waals surface area contributed by atoms with Crippen molar-refractivity contribution in [1.82, 2.24) is 29.9 Å². The molecule has 4 aromatic heterocycles. The molecular formula is C75H60IrN6O2-2. The maximum absolute atomic E-state index is 10.0. The van der Waals surface area contributed by atoms with Gasteiger partial charge in [0.05, 0.1) is 62.9 Å². The quantitative estimate of drug-likeness (QED) is 0.0601. The molecule has 0 aliphatic heterocycles. The normalized spacial score (nSPS) is 11.2. The first-order valence-corrected chi connectivity index (χ1v) is 28.7. The zero-order chi connectivity index (χ0) is 56.8. The summed E-state index contributed by atoms with van der Waals surface area (Å²) < 4.78 is 0. The van der Waals surface area contributed by atoms with Gasteiger partial charge in [-0.2, -0.15) is 0 Å². The Bertz CT molecular complexity index is 4110. The minimum atomic E-state index is -0.0625. The van der Waals surface area contributed by atoms with Crippen molar-refractivity contribution in [3.8, 4) is 67.8 Å². The maximum atomic E-state index is 10.0. The van der Waals surface area contributed by atoms with Crippen molar-refractivity contribution in [1.29, 1.82) is 0 Å². The Kier molecular flexibility index (Phi) is 17.2. The molecule has 8 nitrogen and oxygen atoms in total. The first-order chi connectivity index (χ1) is 40.7. The van der Waals surface area contributed by atoms with Crippen molar-refractivity contribution in [2.45, 2.75) is 72.6 Å². The number of aromatic nitrogens is 6. The number of carbonyl (C=O) groups is 2. The van der Waals surface area contributed by atoms with Crippen LogP contribution in [0.25, 0.3) is 133 Å². The largest absolute Gasteiger partial charge is 0.300 e. The van der Waals surface area contributed by atoms with E-state index >= 15 is 0 Å². The van der Waals surface area contributed by atoms with E-state index < -0.39 is 0 Å². The van der Waals surface area contributed by atoms with E-state index in [9.17, 15) is 9.59 Å². The molecule has 14 aromatic rings. The Labute approximate surface area is 503 Å². The summed E-state index contributed by atoms with van der Waals surface area (Å²) in [6.07, 6.45) is 6.78. The molecule has 14 rings (SSSR count). The number of hydrogen-bond donors (Lipinski definition) is 0. The van der Waals surface area contributed by atoms with Crippen molar-refractivity contribution in [3.05, 3.63) is 230 Å². The minimum absolute atomic E-state index is 0. The summed E-state index contributed by atoms with van der Waals surface area (Å²) in [5.74, 6) is 1.32. The van der Waals surface area contributed by atoms with Crippen LogP contribution in [0.4, 0.5) is 0 Å². The van der Waals surface area contributed by atoms with Crippen LogP contribution in [-0.4, -0.2) is 41.5 Å². The van der Waals surface area contributed by atoms with Gasteiger partial charge in [-0.15, -0.1) is 70.8 Å². The fourth-order valence-electron chi connectivity index (χ4n) is 11.2. The summed E-state index contributed by atoms with van der Waals surface area (Å²) in [7, 11) is 0. The number of hydrogen-bond acceptors (Lipinski definition) is 8. The molecule has 0 amide bonds. The van der Waals surface area contributed by atoms with Gasteiger partial charge in [-0.1, -0.05) is 185 Å². The van der Waals surface area contributed by atoms with E-state index in [1.54, 1.807) is 0 Å². The van der Waals surface area contributed by atoms with Crippen LogP contribution >= 0.6 is 0 Å². The van der Waals surface area contributed by atoms with Gasteiger partial charge in [0.2, 0.25) is 0 Å². The third-order valence-corrected chi connectivity index (χ3v) is 15.1. The fraction of sp³-hybridized carbons (Fsp3) is 0.147. The SMILES string of the molecule is CC(=O)CC(C)=O.CCCCc1[c-]c(-c2nc3ccc4c(-c5ccccc5)nc(-c5ccccc5)c5ccc(n2)c3c45)ccc1.CCCCc1[c-]c(-c2nc3ccc4c(-c5ccccc5)nc(-c5ccccc5)c5ccc(n2)c3c45)ccc1.[Ir]. The van der Waals surface area contributed by atoms with Crippen LogP contribution in [0.3, 0.4) is 0 Å². The van der Waals surface area contributed by atoms with Gasteiger partial charge in [-0.3, -0.25) is 29.5 Å².